The van der Waals surface area contributed by atoms with Gasteiger partial charge in [-0.2, -0.15) is 0 Å². The smallest absolute Gasteiger partial charge is 0.123 e. The third kappa shape index (κ3) is 3.39. The molecule has 0 amide bonds. The van der Waals surface area contributed by atoms with Crippen LogP contribution >= 0.6 is 12.4 Å². The van der Waals surface area contributed by atoms with Crippen LogP contribution < -0.4 is 5.32 Å². The van der Waals surface area contributed by atoms with Gasteiger partial charge in [-0.3, -0.25) is 4.98 Å². The summed E-state index contributed by atoms with van der Waals surface area (Å²) in [6.07, 6.45) is 2.93. The summed E-state index contributed by atoms with van der Waals surface area (Å²) < 4.78 is 15.3. The van der Waals surface area contributed by atoms with Crippen LogP contribution in [0.4, 0.5) is 10.1 Å². The Balaban J connectivity index is 0.00000208. The number of hydrogen-bond donors (Lipinski definition) is 1. The monoisotopic (exact) mass is 347 g/mol. The molecule has 5 heteroatoms. The lowest BCUT2D eigenvalue weighted by Gasteiger charge is -2.12. The van der Waals surface area contributed by atoms with E-state index < -0.39 is 0 Å². The fraction of sp³-hybridized carbons (Fsp3) is 0.316. The van der Waals surface area contributed by atoms with E-state index in [9.17, 15) is 4.39 Å². The summed E-state index contributed by atoms with van der Waals surface area (Å²) in [6.45, 7) is 8.10. The van der Waals surface area contributed by atoms with Crippen LogP contribution in [0.15, 0.2) is 36.5 Å². The van der Waals surface area contributed by atoms with Crippen LogP contribution in [-0.2, 0) is 13.1 Å². The standard InChI is InChI=1S/C19H22FN3.ClH/c1-4-11-23-14(3)13(2)18-19(23)17(9-10-21-18)22-12-15-5-7-16(20)8-6-15;/h5-10H,4,11-12H2,1-3H3,(H,21,22);1H. The normalized spacial score (nSPS) is 10.7. The predicted octanol–water partition coefficient (Wildman–Crippen LogP) is 5.24. The summed E-state index contributed by atoms with van der Waals surface area (Å²) in [5.41, 5.74) is 6.85. The Hall–Kier alpha value is -2.07. The first-order valence-corrected chi connectivity index (χ1v) is 8.04. The van der Waals surface area contributed by atoms with Crippen LogP contribution in [0.5, 0.6) is 0 Å². The minimum atomic E-state index is -0.205. The summed E-state index contributed by atoms with van der Waals surface area (Å²) in [6, 6.07) is 8.61. The van der Waals surface area contributed by atoms with Crippen molar-refractivity contribution in [3.05, 3.63) is 59.2 Å². The summed E-state index contributed by atoms with van der Waals surface area (Å²) in [7, 11) is 0. The number of benzene rings is 1. The number of rotatable bonds is 5. The first kappa shape index (κ1) is 18.3. The maximum absolute atomic E-state index is 13.0. The molecule has 0 atom stereocenters. The van der Waals surface area contributed by atoms with E-state index in [-0.39, 0.29) is 18.2 Å². The van der Waals surface area contributed by atoms with Gasteiger partial charge in [0.25, 0.3) is 0 Å². The van der Waals surface area contributed by atoms with Crippen LogP contribution in [0.1, 0.15) is 30.2 Å². The molecule has 3 rings (SSSR count). The molecule has 0 saturated carbocycles. The van der Waals surface area contributed by atoms with Gasteiger partial charge < -0.3 is 9.88 Å². The zero-order valence-electron chi connectivity index (χ0n) is 14.3. The van der Waals surface area contributed by atoms with Gasteiger partial charge in [-0.15, -0.1) is 12.4 Å². The molecular weight excluding hydrogens is 325 g/mol. The Labute approximate surface area is 148 Å². The Bertz CT molecular complexity index is 825. The molecule has 2 heterocycles. The van der Waals surface area contributed by atoms with Gasteiger partial charge in [-0.25, -0.2) is 4.39 Å². The molecule has 3 nitrogen and oxygen atoms in total. The number of fused-ring (bicyclic) bond motifs is 1. The summed E-state index contributed by atoms with van der Waals surface area (Å²) >= 11 is 0. The Morgan fingerprint density at radius 2 is 1.83 bits per heavy atom. The van der Waals surface area contributed by atoms with Gasteiger partial charge in [0.2, 0.25) is 0 Å². The molecule has 2 aromatic heterocycles. The predicted molar refractivity (Wildman–Crippen MR) is 100 cm³/mol. The highest BCUT2D eigenvalue weighted by Gasteiger charge is 2.14. The molecule has 0 bridgehead atoms. The fourth-order valence-electron chi connectivity index (χ4n) is 2.99. The highest BCUT2D eigenvalue weighted by molar-refractivity contribution is 5.92. The second-order valence-electron chi connectivity index (χ2n) is 5.90. The summed E-state index contributed by atoms with van der Waals surface area (Å²) in [5, 5.41) is 3.48. The highest BCUT2D eigenvalue weighted by atomic mass is 35.5. The van der Waals surface area contributed by atoms with Gasteiger partial charge in [0.15, 0.2) is 0 Å². The van der Waals surface area contributed by atoms with E-state index in [1.165, 1.54) is 23.4 Å². The maximum Gasteiger partial charge on any atom is 0.123 e. The number of hydrogen-bond acceptors (Lipinski definition) is 2. The minimum absolute atomic E-state index is 0. The Morgan fingerprint density at radius 1 is 1.12 bits per heavy atom. The molecule has 0 saturated heterocycles. The second-order valence-corrected chi connectivity index (χ2v) is 5.90. The average molecular weight is 348 g/mol. The molecule has 0 aliphatic rings. The van der Waals surface area contributed by atoms with E-state index in [1.54, 1.807) is 0 Å². The molecule has 0 aliphatic heterocycles. The van der Waals surface area contributed by atoms with Gasteiger partial charge in [0, 0.05) is 25.0 Å². The van der Waals surface area contributed by atoms with Crippen molar-refractivity contribution in [2.75, 3.05) is 5.32 Å². The SMILES string of the molecule is CCCn1c(C)c(C)c2nccc(NCc3ccc(F)cc3)c21.Cl. The molecule has 0 spiro atoms. The maximum atomic E-state index is 13.0. The number of nitrogens with one attached hydrogen (secondary N) is 1. The molecule has 3 aromatic rings. The van der Waals surface area contributed by atoms with E-state index in [4.69, 9.17) is 0 Å². The molecule has 0 fully saturated rings. The molecule has 0 aliphatic carbocycles. The third-order valence-corrected chi connectivity index (χ3v) is 4.34. The zero-order chi connectivity index (χ0) is 16.4. The quantitative estimate of drug-likeness (QED) is 0.684. The zero-order valence-corrected chi connectivity index (χ0v) is 15.1. The van der Waals surface area contributed by atoms with Gasteiger partial charge in [0.05, 0.1) is 16.7 Å². The van der Waals surface area contributed by atoms with Crippen molar-refractivity contribution >= 4 is 29.1 Å². The van der Waals surface area contributed by atoms with E-state index >= 15 is 0 Å². The second kappa shape index (κ2) is 7.67. The average Bonchev–Trinajstić information content (AvgIpc) is 2.80. The summed E-state index contributed by atoms with van der Waals surface area (Å²) in [5.74, 6) is -0.205. The fourth-order valence-corrected chi connectivity index (χ4v) is 2.99. The molecule has 24 heavy (non-hydrogen) atoms. The van der Waals surface area contributed by atoms with Crippen molar-refractivity contribution in [3.8, 4) is 0 Å². The molecular formula is C19H23ClFN3. The molecule has 1 aromatic carbocycles. The van der Waals surface area contributed by atoms with E-state index in [1.807, 2.05) is 24.4 Å². The van der Waals surface area contributed by atoms with E-state index in [2.05, 4.69) is 35.6 Å². The van der Waals surface area contributed by atoms with Crippen LogP contribution in [-0.4, -0.2) is 9.55 Å². The molecule has 1 N–H and O–H groups in total. The third-order valence-electron chi connectivity index (χ3n) is 4.34. The number of anilines is 1. The topological polar surface area (TPSA) is 29.9 Å². The van der Waals surface area contributed by atoms with E-state index in [0.29, 0.717) is 6.54 Å². The number of aryl methyl sites for hydroxylation is 2. The highest BCUT2D eigenvalue weighted by Crippen LogP contribution is 2.29. The van der Waals surface area contributed by atoms with Gasteiger partial charge in [-0.1, -0.05) is 19.1 Å². The molecule has 0 radical (unpaired) electrons. The van der Waals surface area contributed by atoms with Crippen LogP contribution in [0.3, 0.4) is 0 Å². The van der Waals surface area contributed by atoms with Crippen molar-refractivity contribution in [2.24, 2.45) is 0 Å². The Kier molecular flexibility index (Phi) is 5.84. The largest absolute Gasteiger partial charge is 0.379 e. The lowest BCUT2D eigenvalue weighted by Crippen LogP contribution is -2.04. The molecule has 128 valence electrons. The van der Waals surface area contributed by atoms with Crippen LogP contribution in [0.25, 0.3) is 11.0 Å². The first-order chi connectivity index (χ1) is 11.1. The molecule has 0 unspecified atom stereocenters. The van der Waals surface area contributed by atoms with Gasteiger partial charge in [-0.05, 0) is 49.6 Å². The number of aromatic nitrogens is 2. The lowest BCUT2D eigenvalue weighted by molar-refractivity contribution is 0.627. The Morgan fingerprint density at radius 3 is 2.50 bits per heavy atom. The van der Waals surface area contributed by atoms with Crippen LogP contribution in [0.2, 0.25) is 0 Å². The van der Waals surface area contributed by atoms with Crippen LogP contribution in [0, 0.1) is 19.7 Å². The van der Waals surface area contributed by atoms with Crippen molar-refractivity contribution < 1.29 is 4.39 Å². The minimum Gasteiger partial charge on any atom is -0.379 e. The van der Waals surface area contributed by atoms with Crippen molar-refractivity contribution in [2.45, 2.75) is 40.3 Å². The van der Waals surface area contributed by atoms with Gasteiger partial charge in [0.1, 0.15) is 5.82 Å². The number of halogens is 2. The van der Waals surface area contributed by atoms with Crippen molar-refractivity contribution in [3.63, 3.8) is 0 Å². The van der Waals surface area contributed by atoms with Crippen molar-refractivity contribution in [1.82, 2.24) is 9.55 Å². The first-order valence-electron chi connectivity index (χ1n) is 8.04. The summed E-state index contributed by atoms with van der Waals surface area (Å²) in [4.78, 5) is 4.56. The number of pyridine rings is 1. The van der Waals surface area contributed by atoms with Gasteiger partial charge >= 0.3 is 0 Å². The van der Waals surface area contributed by atoms with Crippen molar-refractivity contribution in [1.29, 1.82) is 0 Å². The lowest BCUT2D eigenvalue weighted by atomic mass is 10.2. The van der Waals surface area contributed by atoms with E-state index in [0.717, 1.165) is 35.2 Å². The number of nitrogens with zero attached hydrogens (tertiary/aromatic N) is 2.